The molecule has 0 unspecified atom stereocenters. The van der Waals surface area contributed by atoms with E-state index in [1.165, 1.54) is 17.2 Å². The number of amides is 1. The number of hydrogen-bond acceptors (Lipinski definition) is 12. The van der Waals surface area contributed by atoms with Gasteiger partial charge in [0.1, 0.15) is 24.7 Å². The molecule has 6 aliphatic heterocycles. The van der Waals surface area contributed by atoms with Gasteiger partial charge in [-0.05, 0) is 139 Å². The molecule has 0 bridgehead atoms. The molecule has 9 aromatic rings. The summed E-state index contributed by atoms with van der Waals surface area (Å²) in [6.45, 7) is 7.09. The Kier molecular flexibility index (Phi) is 17.5. The van der Waals surface area contributed by atoms with Gasteiger partial charge in [-0.3, -0.25) is 19.3 Å². The van der Waals surface area contributed by atoms with E-state index < -0.39 is 5.97 Å². The molecule has 1 amide bonds. The number of Topliss-reactive ketones (excluding diaryl/α,β-unsaturated/α-hetero) is 2. The van der Waals surface area contributed by atoms with E-state index in [2.05, 4.69) is 43.2 Å². The molecule has 0 aliphatic carbocycles. The van der Waals surface area contributed by atoms with Crippen molar-refractivity contribution in [3.8, 4) is 57.0 Å². The molecule has 6 aliphatic rings. The Balaban J connectivity index is 0.000000170. The van der Waals surface area contributed by atoms with Crippen molar-refractivity contribution in [1.29, 1.82) is 0 Å². The molecular weight excluding hydrogens is 1160 g/mol. The Morgan fingerprint density at radius 3 is 1.46 bits per heavy atom. The van der Waals surface area contributed by atoms with Crippen LogP contribution in [0, 0.1) is 0 Å². The van der Waals surface area contributed by atoms with E-state index in [9.17, 15) is 19.5 Å². The predicted molar refractivity (Wildman–Crippen MR) is 346 cm³/mol. The lowest BCUT2D eigenvalue weighted by atomic mass is 9.92. The number of rotatable bonds is 18. The summed E-state index contributed by atoms with van der Waals surface area (Å²) in [5.74, 6) is 2.63. The van der Waals surface area contributed by atoms with Crippen LogP contribution in [-0.2, 0) is 69.7 Å². The summed E-state index contributed by atoms with van der Waals surface area (Å²) in [5, 5.41) is 9.92. The quantitative estimate of drug-likeness (QED) is 0.0806. The molecule has 1 N–H and O–H groups in total. The molecule has 8 heterocycles. The van der Waals surface area contributed by atoms with Crippen molar-refractivity contribution in [3.05, 3.63) is 237 Å². The smallest absolute Gasteiger partial charge is 0.336 e. The average Bonchev–Trinajstić information content (AvgIpc) is 1.69. The van der Waals surface area contributed by atoms with E-state index in [-0.39, 0.29) is 55.5 Å². The number of ketones is 2. The number of carbonyl (C=O) groups excluding carboxylic acids is 3. The van der Waals surface area contributed by atoms with Crippen molar-refractivity contribution in [3.63, 3.8) is 0 Å². The first-order valence-corrected chi connectivity index (χ1v) is 32.0. The van der Waals surface area contributed by atoms with Crippen molar-refractivity contribution in [1.82, 2.24) is 18.9 Å². The highest BCUT2D eigenvalue weighted by atomic mass is 16.7. The maximum Gasteiger partial charge on any atom is 0.336 e. The topological polar surface area (TPSA) is 169 Å². The minimum absolute atomic E-state index is 0.00253. The lowest BCUT2D eigenvalue weighted by molar-refractivity contribution is 0.0193. The maximum atomic E-state index is 15.1. The normalized spacial score (nSPS) is 16.1. The third-order valence-electron chi connectivity index (χ3n) is 18.4. The Morgan fingerprint density at radius 2 is 0.946 bits per heavy atom. The standard InChI is InChI=1S/C45H45N3O6.C31H27NO6/c49-42(22-31-13-15-36(16-14-31)52-29-32-8-2-1-3-9-32)39-24-41(47-17-7-6-12-40(39)47)37-25-43-44(54-30-53-43)26-38(37)45(50)48-27-34-11-5-4-10-33(34)23-35(48)28-46-18-20-51-21-19-46;33-28(14-20-9-11-22(12-10-20)36-18-21-6-2-1-3-7-21)25-15-27(32-13-5-4-8-26(25)32)23-16-29-30(38-19-37-29)17-24(23)31(34)35/h1-5,8-11,13-16,24-26,35H,6-7,12,17-23,27-30H2;1-3,6-7,9-12,15-17H,4-5,8,13-14,18-19H2,(H,34,35)/t35-;/m1./s1. The number of carbonyl (C=O) groups is 4. The van der Waals surface area contributed by atoms with Gasteiger partial charge in [0, 0.05) is 103 Å². The first-order valence-electron chi connectivity index (χ1n) is 32.0. The molecule has 16 nitrogen and oxygen atoms in total. The SMILES string of the molecule is O=C(Cc1ccc(OCc2ccccc2)cc1)c1cc(-c2cc3c(cc2C(=O)N2Cc4ccccc4C[C@@H]2CN2CCOCC2)OCO3)n2c1CCCC2.O=C(O)c1cc2c(cc1-c1cc(C(=O)Cc3ccc(OCc4ccccc4)cc3)c3n1CCCC3)OCO2. The fourth-order valence-corrected chi connectivity index (χ4v) is 13.6. The average molecular weight is 1230 g/mol. The van der Waals surface area contributed by atoms with Crippen LogP contribution in [0.3, 0.4) is 0 Å². The van der Waals surface area contributed by atoms with Gasteiger partial charge >= 0.3 is 5.97 Å². The summed E-state index contributed by atoms with van der Waals surface area (Å²) in [5.41, 5.74) is 13.5. The number of morpholine rings is 1. The van der Waals surface area contributed by atoms with Crippen LogP contribution in [0.2, 0.25) is 0 Å². The molecule has 1 saturated heterocycles. The number of aromatic nitrogens is 2. The second kappa shape index (κ2) is 26.9. The Hall–Kier alpha value is -9.90. The molecule has 1 fully saturated rings. The van der Waals surface area contributed by atoms with Crippen molar-refractivity contribution in [2.75, 3.05) is 46.4 Å². The number of benzene rings is 7. The van der Waals surface area contributed by atoms with Crippen molar-refractivity contribution in [2.45, 2.75) is 96.7 Å². The molecule has 16 heteroatoms. The summed E-state index contributed by atoms with van der Waals surface area (Å²) >= 11 is 0. The van der Waals surface area contributed by atoms with Gasteiger partial charge in [0.05, 0.1) is 24.3 Å². The molecule has 0 radical (unpaired) electrons. The number of hydrogen-bond donors (Lipinski definition) is 1. The van der Waals surface area contributed by atoms with Crippen LogP contribution < -0.4 is 28.4 Å². The number of carboxylic acid groups (broad SMARTS) is 1. The van der Waals surface area contributed by atoms with Gasteiger partial charge < -0.3 is 52.3 Å². The van der Waals surface area contributed by atoms with Crippen LogP contribution in [0.25, 0.3) is 22.5 Å². The van der Waals surface area contributed by atoms with Gasteiger partial charge in [0.2, 0.25) is 13.6 Å². The van der Waals surface area contributed by atoms with E-state index >= 15 is 4.79 Å². The molecule has 1 atom stereocenters. The Labute approximate surface area is 534 Å². The van der Waals surface area contributed by atoms with Gasteiger partial charge in [-0.25, -0.2) is 4.79 Å². The highest BCUT2D eigenvalue weighted by Crippen LogP contribution is 2.44. The highest BCUT2D eigenvalue weighted by Gasteiger charge is 2.36. The largest absolute Gasteiger partial charge is 0.489 e. The van der Waals surface area contributed by atoms with Crippen LogP contribution in [0.15, 0.2) is 170 Å². The number of fused-ring (bicyclic) bond motifs is 5. The van der Waals surface area contributed by atoms with Crippen LogP contribution in [0.1, 0.15) is 112 Å². The maximum absolute atomic E-state index is 15.1. The van der Waals surface area contributed by atoms with Gasteiger partial charge in [0.25, 0.3) is 5.91 Å². The van der Waals surface area contributed by atoms with E-state index in [1.54, 1.807) is 6.07 Å². The number of nitrogens with zero attached hydrogens (tertiary/aromatic N) is 4. The van der Waals surface area contributed by atoms with Gasteiger partial charge in [-0.1, -0.05) is 109 Å². The molecule has 0 saturated carbocycles. The number of aromatic carboxylic acids is 1. The van der Waals surface area contributed by atoms with E-state index in [0.717, 1.165) is 145 Å². The van der Waals surface area contributed by atoms with Crippen molar-refractivity contribution >= 4 is 23.4 Å². The zero-order chi connectivity index (χ0) is 62.5. The second-order valence-electron chi connectivity index (χ2n) is 24.3. The fourth-order valence-electron chi connectivity index (χ4n) is 13.6. The third kappa shape index (κ3) is 12.9. The van der Waals surface area contributed by atoms with E-state index in [0.29, 0.717) is 72.7 Å². The summed E-state index contributed by atoms with van der Waals surface area (Å²) in [6, 6.07) is 54.8. The lowest BCUT2D eigenvalue weighted by Crippen LogP contribution is -2.52. The van der Waals surface area contributed by atoms with Crippen molar-refractivity contribution in [2.24, 2.45) is 0 Å². The number of carboxylic acids is 1. The lowest BCUT2D eigenvalue weighted by Gasteiger charge is -2.40. The first-order chi connectivity index (χ1) is 45.1. The zero-order valence-corrected chi connectivity index (χ0v) is 51.3. The molecule has 0 spiro atoms. The summed E-state index contributed by atoms with van der Waals surface area (Å²) in [6.07, 6.45) is 6.89. The van der Waals surface area contributed by atoms with E-state index in [1.807, 2.05) is 133 Å². The fraction of sp³-hybridized carbons (Fsp3) is 0.289. The first kappa shape index (κ1) is 59.7. The molecule has 2 aromatic heterocycles. The zero-order valence-electron chi connectivity index (χ0n) is 51.3. The van der Waals surface area contributed by atoms with Crippen molar-refractivity contribution < 1.29 is 57.4 Å². The molecule has 7 aromatic carbocycles. The van der Waals surface area contributed by atoms with Crippen LogP contribution in [0.5, 0.6) is 34.5 Å². The summed E-state index contributed by atoms with van der Waals surface area (Å²) in [4.78, 5) is 59.3. The van der Waals surface area contributed by atoms with Gasteiger partial charge in [-0.15, -0.1) is 0 Å². The highest BCUT2D eigenvalue weighted by molar-refractivity contribution is 6.05. The molecular formula is C76H72N4O12. The summed E-state index contributed by atoms with van der Waals surface area (Å²) < 4.78 is 44.5. The second-order valence-corrected chi connectivity index (χ2v) is 24.3. The van der Waals surface area contributed by atoms with Crippen LogP contribution in [0.4, 0.5) is 0 Å². The Morgan fingerprint density at radius 1 is 0.478 bits per heavy atom. The molecule has 92 heavy (non-hydrogen) atoms. The number of ether oxygens (including phenoxy) is 7. The van der Waals surface area contributed by atoms with Gasteiger partial charge in [-0.2, -0.15) is 0 Å². The van der Waals surface area contributed by atoms with E-state index in [4.69, 9.17) is 33.2 Å². The minimum atomic E-state index is -1.05. The van der Waals surface area contributed by atoms with Crippen LogP contribution >= 0.6 is 0 Å². The van der Waals surface area contributed by atoms with Crippen LogP contribution in [-0.4, -0.2) is 100.0 Å². The monoisotopic (exact) mass is 1230 g/mol. The third-order valence-corrected chi connectivity index (χ3v) is 18.4. The summed E-state index contributed by atoms with van der Waals surface area (Å²) in [7, 11) is 0. The Bertz CT molecular complexity index is 4190. The predicted octanol–water partition coefficient (Wildman–Crippen LogP) is 13.0. The van der Waals surface area contributed by atoms with Gasteiger partial charge in [0.15, 0.2) is 34.6 Å². The molecule has 15 rings (SSSR count). The molecule has 468 valence electrons. The minimum Gasteiger partial charge on any atom is -0.489 e.